The second-order valence-electron chi connectivity index (χ2n) is 8.98. The van der Waals surface area contributed by atoms with Gasteiger partial charge in [-0.05, 0) is 48.2 Å². The largest absolute Gasteiger partial charge is 0.488 e. The van der Waals surface area contributed by atoms with Gasteiger partial charge in [0.2, 0.25) is 0 Å². The smallest absolute Gasteiger partial charge is 0.156 e. The van der Waals surface area contributed by atoms with Crippen molar-refractivity contribution in [2.45, 2.75) is 49.7 Å². The topological polar surface area (TPSA) is 68.2 Å². The van der Waals surface area contributed by atoms with Gasteiger partial charge in [0.25, 0.3) is 0 Å². The van der Waals surface area contributed by atoms with Crippen LogP contribution in [0.2, 0.25) is 20.1 Å². The van der Waals surface area contributed by atoms with E-state index in [1.54, 1.807) is 0 Å². The Labute approximate surface area is 242 Å². The number of aliphatic hydroxyl groups excluding tert-OH is 2. The summed E-state index contributed by atoms with van der Waals surface area (Å²) in [6, 6.07) is 7.39. The second kappa shape index (κ2) is 14.4. The van der Waals surface area contributed by atoms with Gasteiger partial charge in [-0.25, -0.2) is 0 Å². The summed E-state index contributed by atoms with van der Waals surface area (Å²) in [7, 11) is 0. The molecule has 202 valence electrons. The van der Waals surface area contributed by atoms with E-state index in [1.807, 2.05) is 24.3 Å². The van der Waals surface area contributed by atoms with Crippen molar-refractivity contribution in [3.63, 3.8) is 0 Å². The van der Waals surface area contributed by atoms with E-state index in [9.17, 15) is 10.2 Å². The molecule has 5 nitrogen and oxygen atoms in total. The number of alkyl halides is 1. The number of halogens is 5. The third-order valence-corrected chi connectivity index (χ3v) is 7.80. The number of ether oxygens (including phenoxy) is 3. The molecular formula is C27H29Cl5O5. The lowest BCUT2D eigenvalue weighted by molar-refractivity contribution is 0.0229. The van der Waals surface area contributed by atoms with Crippen molar-refractivity contribution >= 4 is 58.0 Å². The van der Waals surface area contributed by atoms with E-state index in [1.165, 1.54) is 0 Å². The minimum absolute atomic E-state index is 0.0230. The van der Waals surface area contributed by atoms with Crippen LogP contribution in [-0.2, 0) is 10.2 Å². The van der Waals surface area contributed by atoms with Crippen molar-refractivity contribution in [2.75, 3.05) is 32.3 Å². The summed E-state index contributed by atoms with van der Waals surface area (Å²) in [5.74, 6) is 2.96. The van der Waals surface area contributed by atoms with Crippen LogP contribution in [0.5, 0.6) is 11.5 Å². The molecule has 1 aliphatic rings. The molecule has 0 unspecified atom stereocenters. The molecule has 2 atom stereocenters. The molecule has 0 spiro atoms. The Morgan fingerprint density at radius 2 is 1.24 bits per heavy atom. The van der Waals surface area contributed by atoms with Crippen LogP contribution >= 0.6 is 58.0 Å². The summed E-state index contributed by atoms with van der Waals surface area (Å²) in [4.78, 5) is 0. The highest BCUT2D eigenvalue weighted by molar-refractivity contribution is 6.38. The predicted octanol–water partition coefficient (Wildman–Crippen LogP) is 6.92. The Morgan fingerprint density at radius 3 is 1.68 bits per heavy atom. The summed E-state index contributed by atoms with van der Waals surface area (Å²) in [6.07, 6.45) is 8.25. The van der Waals surface area contributed by atoms with Crippen LogP contribution in [0.1, 0.15) is 43.2 Å². The van der Waals surface area contributed by atoms with Gasteiger partial charge in [-0.15, -0.1) is 18.0 Å². The van der Waals surface area contributed by atoms with E-state index in [0.717, 1.165) is 43.2 Å². The van der Waals surface area contributed by atoms with Crippen LogP contribution in [0.15, 0.2) is 24.3 Å². The van der Waals surface area contributed by atoms with Gasteiger partial charge in [0.05, 0.1) is 32.6 Å². The fourth-order valence-corrected chi connectivity index (χ4v) is 5.83. The molecule has 2 aromatic rings. The molecule has 37 heavy (non-hydrogen) atoms. The maximum Gasteiger partial charge on any atom is 0.156 e. The van der Waals surface area contributed by atoms with E-state index in [4.69, 9.17) is 78.6 Å². The summed E-state index contributed by atoms with van der Waals surface area (Å²) < 4.78 is 16.5. The lowest BCUT2D eigenvalue weighted by Gasteiger charge is -2.39. The molecular weight excluding hydrogens is 582 g/mol. The quantitative estimate of drug-likeness (QED) is 0.155. The summed E-state index contributed by atoms with van der Waals surface area (Å²) in [6.45, 7) is 0.0585. The van der Waals surface area contributed by atoms with Crippen molar-refractivity contribution in [3.8, 4) is 23.8 Å². The molecule has 2 aromatic carbocycles. The molecule has 2 N–H and O–H groups in total. The first kappa shape index (κ1) is 30.5. The number of hydrogen-bond donors (Lipinski definition) is 2. The third kappa shape index (κ3) is 7.75. The summed E-state index contributed by atoms with van der Waals surface area (Å²) in [5, 5.41) is 21.1. The van der Waals surface area contributed by atoms with Gasteiger partial charge in [-0.2, -0.15) is 0 Å². The van der Waals surface area contributed by atoms with Crippen LogP contribution in [0.3, 0.4) is 0 Å². The van der Waals surface area contributed by atoms with E-state index < -0.39 is 17.6 Å². The zero-order valence-electron chi connectivity index (χ0n) is 20.1. The van der Waals surface area contributed by atoms with Crippen molar-refractivity contribution in [1.29, 1.82) is 0 Å². The average Bonchev–Trinajstić information content (AvgIpc) is 2.87. The van der Waals surface area contributed by atoms with Gasteiger partial charge in [-0.3, -0.25) is 0 Å². The predicted molar refractivity (Wildman–Crippen MR) is 150 cm³/mol. The van der Waals surface area contributed by atoms with Crippen LogP contribution in [0.4, 0.5) is 0 Å². The lowest BCUT2D eigenvalue weighted by atomic mass is 9.65. The highest BCUT2D eigenvalue weighted by atomic mass is 35.5. The number of terminal acetylenes is 1. The first-order valence-corrected chi connectivity index (χ1v) is 13.9. The molecule has 1 aliphatic carbocycles. The van der Waals surface area contributed by atoms with E-state index >= 15 is 0 Å². The van der Waals surface area contributed by atoms with Crippen molar-refractivity contribution in [3.05, 3.63) is 55.5 Å². The molecule has 1 saturated carbocycles. The third-order valence-electron chi connectivity index (χ3n) is 6.32. The average molecular weight is 611 g/mol. The number of rotatable bonds is 12. The number of hydrogen-bond acceptors (Lipinski definition) is 5. The zero-order chi connectivity index (χ0) is 27.0. The Bertz CT molecular complexity index is 1050. The summed E-state index contributed by atoms with van der Waals surface area (Å²) >= 11 is 32.1. The van der Waals surface area contributed by atoms with Crippen LogP contribution in [0.25, 0.3) is 0 Å². The molecule has 0 bridgehead atoms. The maximum absolute atomic E-state index is 10.1. The Hall–Kier alpha value is -1.07. The molecule has 0 saturated heterocycles. The van der Waals surface area contributed by atoms with E-state index in [0.29, 0.717) is 25.8 Å². The van der Waals surface area contributed by atoms with Crippen molar-refractivity contribution < 1.29 is 24.4 Å². The highest BCUT2D eigenvalue weighted by Crippen LogP contribution is 2.50. The van der Waals surface area contributed by atoms with Gasteiger partial charge >= 0.3 is 0 Å². The van der Waals surface area contributed by atoms with Gasteiger partial charge in [-0.1, -0.05) is 71.6 Å². The SMILES string of the molecule is C#CCOC[C@H](O)COc1c(Cl)cc(C2(c3cc(Cl)c(OC[C@H](O)CCl)c(Cl)c3)CCCCC2)cc1Cl. The van der Waals surface area contributed by atoms with Gasteiger partial charge in [0.15, 0.2) is 11.5 Å². The van der Waals surface area contributed by atoms with E-state index in [2.05, 4.69) is 5.92 Å². The molecule has 0 amide bonds. The minimum Gasteiger partial charge on any atom is -0.488 e. The molecule has 10 heteroatoms. The number of aliphatic hydroxyl groups is 2. The van der Waals surface area contributed by atoms with Crippen LogP contribution < -0.4 is 9.47 Å². The first-order chi connectivity index (χ1) is 17.7. The van der Waals surface area contributed by atoms with Crippen molar-refractivity contribution in [2.24, 2.45) is 0 Å². The summed E-state index contributed by atoms with van der Waals surface area (Å²) in [5.41, 5.74) is 1.42. The fraction of sp³-hybridized carbons (Fsp3) is 0.481. The zero-order valence-corrected chi connectivity index (χ0v) is 23.9. The second-order valence-corrected chi connectivity index (χ2v) is 10.9. The van der Waals surface area contributed by atoms with Gasteiger partial charge in [0.1, 0.15) is 32.0 Å². The molecule has 0 aromatic heterocycles. The number of benzene rings is 2. The van der Waals surface area contributed by atoms with Gasteiger partial charge in [0, 0.05) is 5.41 Å². The Kier molecular flexibility index (Phi) is 11.8. The lowest BCUT2D eigenvalue weighted by Crippen LogP contribution is -2.31. The maximum atomic E-state index is 10.1. The molecule has 1 fully saturated rings. The Balaban J connectivity index is 1.90. The Morgan fingerprint density at radius 1 is 0.784 bits per heavy atom. The molecule has 3 rings (SSSR count). The van der Waals surface area contributed by atoms with Gasteiger partial charge < -0.3 is 24.4 Å². The fourth-order valence-electron chi connectivity index (χ4n) is 4.55. The van der Waals surface area contributed by atoms with Crippen LogP contribution in [0, 0.1) is 12.3 Å². The minimum atomic E-state index is -0.889. The van der Waals surface area contributed by atoms with Crippen LogP contribution in [-0.4, -0.2) is 54.7 Å². The standard InChI is InChI=1S/C27H29Cl5O5/c1-2-8-35-14-20(34)16-37-26-23(31)11-18(12-24(26)32)27(6-4-3-5-7-27)17-9-21(29)25(22(30)10-17)36-15-19(33)13-28/h1,9-12,19-20,33-34H,3-8,13-16H2/t19-,20+/m1/s1. The van der Waals surface area contributed by atoms with E-state index in [-0.39, 0.29) is 38.1 Å². The molecule has 0 radical (unpaired) electrons. The normalized spacial score (nSPS) is 16.6. The first-order valence-electron chi connectivity index (χ1n) is 11.9. The molecule has 0 aliphatic heterocycles. The highest BCUT2D eigenvalue weighted by Gasteiger charge is 2.38. The van der Waals surface area contributed by atoms with Crippen molar-refractivity contribution in [1.82, 2.24) is 0 Å². The molecule has 0 heterocycles. The monoisotopic (exact) mass is 608 g/mol.